The van der Waals surface area contributed by atoms with Crippen molar-refractivity contribution in [1.82, 2.24) is 5.32 Å². The quantitative estimate of drug-likeness (QED) is 0.189. The molecule has 1 atom stereocenters. The second kappa shape index (κ2) is 11.3. The van der Waals surface area contributed by atoms with Crippen LogP contribution in [-0.2, 0) is 4.79 Å². The lowest BCUT2D eigenvalue weighted by molar-refractivity contribution is -0.394. The molecule has 0 fully saturated rings. The van der Waals surface area contributed by atoms with E-state index in [4.69, 9.17) is 9.47 Å². The van der Waals surface area contributed by atoms with Crippen molar-refractivity contribution in [3.63, 3.8) is 0 Å². The highest BCUT2D eigenvalue weighted by Crippen LogP contribution is 2.38. The molecule has 3 aromatic rings. The van der Waals surface area contributed by atoms with Gasteiger partial charge in [-0.2, -0.15) is 5.26 Å². The fourth-order valence-corrected chi connectivity index (χ4v) is 3.24. The topological polar surface area (TPSA) is 158 Å². The van der Waals surface area contributed by atoms with Crippen LogP contribution in [0.5, 0.6) is 17.2 Å². The Hall–Kier alpha value is -5.24. The molecule has 0 aliphatic rings. The summed E-state index contributed by atoms with van der Waals surface area (Å²) in [5.41, 5.74) is 0.138. The summed E-state index contributed by atoms with van der Waals surface area (Å²) in [5, 5.41) is 34.6. The van der Waals surface area contributed by atoms with E-state index in [1.807, 2.05) is 36.4 Å². The molecule has 0 saturated carbocycles. The van der Waals surface area contributed by atoms with Gasteiger partial charge in [-0.05, 0) is 42.3 Å². The lowest BCUT2D eigenvalue weighted by atomic mass is 10.1. The molecule has 36 heavy (non-hydrogen) atoms. The monoisotopic (exact) mass is 488 g/mol. The highest BCUT2D eigenvalue weighted by atomic mass is 16.6. The summed E-state index contributed by atoms with van der Waals surface area (Å²) in [6.07, 6.45) is 1.37. The molecule has 0 aliphatic carbocycles. The number of rotatable bonds is 9. The average molecular weight is 488 g/mol. The van der Waals surface area contributed by atoms with Gasteiger partial charge < -0.3 is 14.8 Å². The number of amides is 1. The van der Waals surface area contributed by atoms with Gasteiger partial charge in [0.25, 0.3) is 11.6 Å². The molecule has 3 aromatic carbocycles. The predicted molar refractivity (Wildman–Crippen MR) is 129 cm³/mol. The first-order valence-electron chi connectivity index (χ1n) is 10.5. The number of carbonyl (C=O) groups is 1. The third-order valence-electron chi connectivity index (χ3n) is 5.08. The first-order valence-corrected chi connectivity index (χ1v) is 10.5. The summed E-state index contributed by atoms with van der Waals surface area (Å²) in [5.74, 6) is -0.534. The van der Waals surface area contributed by atoms with Gasteiger partial charge in [-0.15, -0.1) is 0 Å². The van der Waals surface area contributed by atoms with Crippen LogP contribution in [0.4, 0.5) is 11.4 Å². The minimum Gasteiger partial charge on any atom is -0.493 e. The van der Waals surface area contributed by atoms with Gasteiger partial charge in [-0.1, -0.05) is 36.4 Å². The van der Waals surface area contributed by atoms with Gasteiger partial charge >= 0.3 is 5.69 Å². The van der Waals surface area contributed by atoms with E-state index in [2.05, 4.69) is 5.32 Å². The van der Waals surface area contributed by atoms with E-state index in [1.54, 1.807) is 6.92 Å². The number of benzene rings is 3. The highest BCUT2D eigenvalue weighted by molar-refractivity contribution is 6.01. The van der Waals surface area contributed by atoms with Crippen molar-refractivity contribution in [3.8, 4) is 23.3 Å². The lowest BCUT2D eigenvalue weighted by Gasteiger charge is -2.14. The molecule has 11 heteroatoms. The Morgan fingerprint density at radius 2 is 1.69 bits per heavy atom. The van der Waals surface area contributed by atoms with Crippen LogP contribution in [0.15, 0.2) is 72.3 Å². The lowest BCUT2D eigenvalue weighted by Crippen LogP contribution is -2.27. The number of nitro benzene ring substituents is 2. The van der Waals surface area contributed by atoms with Crippen LogP contribution in [0.1, 0.15) is 24.1 Å². The molecular formula is C25H20N4O7. The largest absolute Gasteiger partial charge is 0.493 e. The zero-order valence-corrected chi connectivity index (χ0v) is 19.2. The van der Waals surface area contributed by atoms with E-state index in [0.717, 1.165) is 23.8 Å². The van der Waals surface area contributed by atoms with Crippen molar-refractivity contribution in [1.29, 1.82) is 5.26 Å². The Morgan fingerprint density at radius 3 is 2.31 bits per heavy atom. The van der Waals surface area contributed by atoms with E-state index < -0.39 is 27.1 Å². The van der Waals surface area contributed by atoms with E-state index in [1.165, 1.54) is 31.4 Å². The molecule has 0 aromatic heterocycles. The minimum absolute atomic E-state index is 0.0901. The Bertz CT molecular complexity index is 1380. The SMILES string of the molecule is COc1cc(/C=C(/C#N)C(=O)N[C@H](C)c2ccccc2)ccc1Oc1ccc([N+](=O)[O-])cc1[N+](=O)[O-]. The molecule has 0 heterocycles. The van der Waals surface area contributed by atoms with E-state index in [9.17, 15) is 30.3 Å². The van der Waals surface area contributed by atoms with Crippen LogP contribution >= 0.6 is 0 Å². The van der Waals surface area contributed by atoms with Crippen molar-refractivity contribution < 1.29 is 24.1 Å². The predicted octanol–water partition coefficient (Wildman–Crippen LogP) is 5.09. The second-order valence-electron chi connectivity index (χ2n) is 7.45. The molecule has 0 saturated heterocycles. The number of non-ortho nitro benzene ring substituents is 1. The van der Waals surface area contributed by atoms with Gasteiger partial charge in [0.15, 0.2) is 11.5 Å². The van der Waals surface area contributed by atoms with Crippen molar-refractivity contribution in [2.24, 2.45) is 0 Å². The van der Waals surface area contributed by atoms with Crippen LogP contribution in [0.25, 0.3) is 6.08 Å². The van der Waals surface area contributed by atoms with E-state index >= 15 is 0 Å². The highest BCUT2D eigenvalue weighted by Gasteiger charge is 2.22. The number of methoxy groups -OCH3 is 1. The maximum Gasteiger partial charge on any atom is 0.318 e. The zero-order valence-electron chi connectivity index (χ0n) is 19.2. The molecule has 3 rings (SSSR count). The molecule has 182 valence electrons. The molecule has 1 amide bonds. The Labute approximate surface area is 205 Å². The van der Waals surface area contributed by atoms with Crippen molar-refractivity contribution in [3.05, 3.63) is 104 Å². The van der Waals surface area contributed by atoms with Gasteiger partial charge in [0.05, 0.1) is 29.1 Å². The number of carbonyl (C=O) groups excluding carboxylic acids is 1. The molecule has 0 radical (unpaired) electrons. The summed E-state index contributed by atoms with van der Waals surface area (Å²) in [7, 11) is 1.35. The molecule has 0 aliphatic heterocycles. The first-order chi connectivity index (χ1) is 17.2. The number of nitro groups is 2. The van der Waals surface area contributed by atoms with Crippen LogP contribution in [0.2, 0.25) is 0 Å². The van der Waals surface area contributed by atoms with Gasteiger partial charge in [-0.25, -0.2) is 0 Å². The summed E-state index contributed by atoms with van der Waals surface area (Å²) in [6, 6.07) is 18.3. The Morgan fingerprint density at radius 1 is 1.00 bits per heavy atom. The van der Waals surface area contributed by atoms with Crippen LogP contribution in [-0.4, -0.2) is 22.9 Å². The van der Waals surface area contributed by atoms with Gasteiger partial charge in [0, 0.05) is 6.07 Å². The molecule has 0 unspecified atom stereocenters. The number of nitrogens with zero attached hydrogens (tertiary/aromatic N) is 3. The van der Waals surface area contributed by atoms with E-state index in [0.29, 0.717) is 5.56 Å². The van der Waals surface area contributed by atoms with Crippen molar-refractivity contribution >= 4 is 23.4 Å². The molecule has 11 nitrogen and oxygen atoms in total. The molecule has 0 spiro atoms. The van der Waals surface area contributed by atoms with Crippen LogP contribution in [0.3, 0.4) is 0 Å². The zero-order chi connectivity index (χ0) is 26.2. The summed E-state index contributed by atoms with van der Waals surface area (Å²) in [6.45, 7) is 1.80. The number of ether oxygens (including phenoxy) is 2. The van der Waals surface area contributed by atoms with Crippen molar-refractivity contribution in [2.75, 3.05) is 7.11 Å². The van der Waals surface area contributed by atoms with Crippen molar-refractivity contribution in [2.45, 2.75) is 13.0 Å². The molecule has 0 bridgehead atoms. The second-order valence-corrected chi connectivity index (χ2v) is 7.45. The maximum absolute atomic E-state index is 12.6. The summed E-state index contributed by atoms with van der Waals surface area (Å²) in [4.78, 5) is 33.4. The summed E-state index contributed by atoms with van der Waals surface area (Å²) >= 11 is 0. The Kier molecular flexibility index (Phi) is 7.94. The number of hydrogen-bond donors (Lipinski definition) is 1. The molecule has 1 N–H and O–H groups in total. The van der Waals surface area contributed by atoms with Crippen LogP contribution < -0.4 is 14.8 Å². The van der Waals surface area contributed by atoms with Gasteiger partial charge in [0.1, 0.15) is 11.6 Å². The number of hydrogen-bond acceptors (Lipinski definition) is 8. The minimum atomic E-state index is -0.792. The smallest absolute Gasteiger partial charge is 0.318 e. The number of nitriles is 1. The van der Waals surface area contributed by atoms with Crippen LogP contribution in [0, 0.1) is 31.6 Å². The van der Waals surface area contributed by atoms with Gasteiger partial charge in [-0.3, -0.25) is 25.0 Å². The normalized spacial score (nSPS) is 11.6. The third kappa shape index (κ3) is 6.00. The standard InChI is InChI=1S/C25H20N4O7/c1-16(18-6-4-3-5-7-18)27-25(30)19(15-26)12-17-8-10-23(24(13-17)35-2)36-22-11-9-20(28(31)32)14-21(22)29(33)34/h3-14,16H,1-2H3,(H,27,30)/b19-12-/t16-/m1/s1. The summed E-state index contributed by atoms with van der Waals surface area (Å²) < 4.78 is 10.9. The van der Waals surface area contributed by atoms with E-state index in [-0.39, 0.29) is 28.9 Å². The first kappa shape index (κ1) is 25.4. The average Bonchev–Trinajstić information content (AvgIpc) is 2.88. The maximum atomic E-state index is 12.6. The Balaban J connectivity index is 1.85. The fraction of sp³-hybridized carbons (Fsp3) is 0.120. The molecular weight excluding hydrogens is 468 g/mol. The number of nitrogens with one attached hydrogen (secondary N) is 1. The van der Waals surface area contributed by atoms with Gasteiger partial charge in [0.2, 0.25) is 5.75 Å². The fourth-order valence-electron chi connectivity index (χ4n) is 3.24. The third-order valence-corrected chi connectivity index (χ3v) is 5.08.